The lowest BCUT2D eigenvalue weighted by Gasteiger charge is -2.22. The van der Waals surface area contributed by atoms with Crippen molar-refractivity contribution in [1.29, 1.82) is 0 Å². The molecule has 1 amide bonds. The van der Waals surface area contributed by atoms with E-state index in [1.54, 1.807) is 31.8 Å². The average Bonchev–Trinajstić information content (AvgIpc) is 3.07. The number of benzene rings is 2. The Morgan fingerprint density at radius 3 is 2.35 bits per heavy atom. The van der Waals surface area contributed by atoms with E-state index in [0.29, 0.717) is 0 Å². The van der Waals surface area contributed by atoms with Gasteiger partial charge in [-0.25, -0.2) is 17.1 Å². The van der Waals surface area contributed by atoms with E-state index in [-0.39, 0.29) is 37.0 Å². The highest BCUT2D eigenvalue weighted by Gasteiger charge is 2.27. The minimum Gasteiger partial charge on any atom is -0.344 e. The molecule has 0 aliphatic heterocycles. The van der Waals surface area contributed by atoms with E-state index in [0.717, 1.165) is 33.4 Å². The Kier molecular flexibility index (Phi) is 8.38. The molecule has 3 rings (SSSR count). The summed E-state index contributed by atoms with van der Waals surface area (Å²) < 4.78 is 39.4. The molecule has 0 saturated carbocycles. The zero-order chi connectivity index (χ0) is 25.0. The van der Waals surface area contributed by atoms with Gasteiger partial charge < -0.3 is 4.90 Å². The lowest BCUT2D eigenvalue weighted by atomic mass is 10.0. The minimum absolute atomic E-state index is 0.0186. The number of likely N-dealkylation sites (N-methyl/N-ethyl adjacent to an activating group) is 2. The molecule has 0 radical (unpaired) electrons. The van der Waals surface area contributed by atoms with Crippen LogP contribution < -0.4 is 0 Å². The Morgan fingerprint density at radius 2 is 1.74 bits per heavy atom. The molecule has 0 atom stereocenters. The van der Waals surface area contributed by atoms with Gasteiger partial charge in [0.1, 0.15) is 5.82 Å². The molecule has 0 N–H and O–H groups in total. The van der Waals surface area contributed by atoms with Crippen LogP contribution in [0.3, 0.4) is 0 Å². The molecular formula is C26H31FN2O3S2. The van der Waals surface area contributed by atoms with E-state index in [1.165, 1.54) is 33.3 Å². The van der Waals surface area contributed by atoms with Crippen LogP contribution in [0.25, 0.3) is 17.2 Å². The quantitative estimate of drug-likeness (QED) is 0.453. The van der Waals surface area contributed by atoms with Crippen molar-refractivity contribution in [3.05, 3.63) is 70.5 Å². The van der Waals surface area contributed by atoms with E-state index in [9.17, 15) is 17.6 Å². The van der Waals surface area contributed by atoms with Crippen molar-refractivity contribution in [3.63, 3.8) is 0 Å². The number of thioether (sulfide) groups is 1. The van der Waals surface area contributed by atoms with Crippen LogP contribution in [0, 0.1) is 5.82 Å². The number of allylic oxidation sites excluding steroid dienone is 2. The van der Waals surface area contributed by atoms with Crippen LogP contribution in [0.2, 0.25) is 0 Å². The molecule has 5 nitrogen and oxygen atoms in total. The third kappa shape index (κ3) is 5.79. The van der Waals surface area contributed by atoms with Crippen LogP contribution >= 0.6 is 11.8 Å². The van der Waals surface area contributed by atoms with Gasteiger partial charge in [-0.1, -0.05) is 18.2 Å². The summed E-state index contributed by atoms with van der Waals surface area (Å²) in [5, 5.41) is 0. The van der Waals surface area contributed by atoms with Crippen LogP contribution in [0.4, 0.5) is 4.39 Å². The van der Waals surface area contributed by atoms with E-state index in [1.807, 2.05) is 25.3 Å². The third-order valence-corrected chi connectivity index (χ3v) is 8.83. The van der Waals surface area contributed by atoms with Crippen molar-refractivity contribution in [2.24, 2.45) is 0 Å². The Balaban J connectivity index is 1.85. The predicted molar refractivity (Wildman–Crippen MR) is 139 cm³/mol. The molecule has 0 fully saturated rings. The number of hydrogen-bond donors (Lipinski definition) is 0. The highest BCUT2D eigenvalue weighted by Crippen LogP contribution is 2.44. The fraction of sp³-hybridized carbons (Fsp3) is 0.346. The second-order valence-corrected chi connectivity index (χ2v) is 11.6. The molecule has 0 heterocycles. The van der Waals surface area contributed by atoms with Gasteiger partial charge in [-0.2, -0.15) is 0 Å². The number of hydrogen-bond acceptors (Lipinski definition) is 4. The molecule has 182 valence electrons. The maximum Gasteiger partial charge on any atom is 0.226 e. The summed E-state index contributed by atoms with van der Waals surface area (Å²) in [6.45, 7) is 4.05. The maximum absolute atomic E-state index is 14.1. The van der Waals surface area contributed by atoms with Gasteiger partial charge in [0, 0.05) is 32.1 Å². The average molecular weight is 503 g/mol. The van der Waals surface area contributed by atoms with Gasteiger partial charge in [-0.15, -0.1) is 11.8 Å². The van der Waals surface area contributed by atoms with Gasteiger partial charge >= 0.3 is 0 Å². The summed E-state index contributed by atoms with van der Waals surface area (Å²) in [4.78, 5) is 15.7. The first kappa shape index (κ1) is 26.2. The van der Waals surface area contributed by atoms with Gasteiger partial charge in [-0.05, 0) is 83.9 Å². The molecule has 34 heavy (non-hydrogen) atoms. The molecule has 2 aromatic carbocycles. The summed E-state index contributed by atoms with van der Waals surface area (Å²) in [5.41, 5.74) is 5.40. The summed E-state index contributed by atoms with van der Waals surface area (Å²) in [7, 11) is -0.122. The van der Waals surface area contributed by atoms with Gasteiger partial charge in [0.15, 0.2) is 0 Å². The van der Waals surface area contributed by atoms with Gasteiger partial charge in [0.05, 0.1) is 12.2 Å². The van der Waals surface area contributed by atoms with E-state index < -0.39 is 10.0 Å². The topological polar surface area (TPSA) is 57.7 Å². The molecule has 0 spiro atoms. The second-order valence-electron chi connectivity index (χ2n) is 8.34. The zero-order valence-corrected chi connectivity index (χ0v) is 21.9. The van der Waals surface area contributed by atoms with E-state index in [2.05, 4.69) is 18.2 Å². The third-order valence-electron chi connectivity index (χ3n) is 6.22. The highest BCUT2D eigenvalue weighted by molar-refractivity contribution is 7.98. The standard InChI is InChI=1S/C26H31FN2O3S2/c1-6-34(31,32)29(4)14-13-28(3)26(30)17-24-18(2)23(22-12-9-20(27)16-25(22)24)15-19-7-10-21(33-5)11-8-19/h7-12,15-16H,6,13-14,17H2,1-5H3/b23-15-. The van der Waals surface area contributed by atoms with Crippen molar-refractivity contribution >= 4 is 44.9 Å². The van der Waals surface area contributed by atoms with E-state index in [4.69, 9.17) is 0 Å². The van der Waals surface area contributed by atoms with Crippen LogP contribution in [0.1, 0.15) is 37.0 Å². The smallest absolute Gasteiger partial charge is 0.226 e. The summed E-state index contributed by atoms with van der Waals surface area (Å²) in [6, 6.07) is 12.9. The Morgan fingerprint density at radius 1 is 1.06 bits per heavy atom. The number of sulfonamides is 1. The minimum atomic E-state index is -3.30. The molecule has 0 unspecified atom stereocenters. The fourth-order valence-electron chi connectivity index (χ4n) is 3.91. The predicted octanol–water partition coefficient (Wildman–Crippen LogP) is 5.01. The number of carbonyl (C=O) groups is 1. The maximum atomic E-state index is 14.1. The first-order valence-electron chi connectivity index (χ1n) is 11.1. The summed E-state index contributed by atoms with van der Waals surface area (Å²) in [6.07, 6.45) is 4.22. The van der Waals surface area contributed by atoms with E-state index >= 15 is 0 Å². The Labute approximate surface area is 206 Å². The van der Waals surface area contributed by atoms with Crippen molar-refractivity contribution in [2.75, 3.05) is 39.2 Å². The molecule has 2 aromatic rings. The van der Waals surface area contributed by atoms with Crippen molar-refractivity contribution in [1.82, 2.24) is 9.21 Å². The normalized spacial score (nSPS) is 14.7. The van der Waals surface area contributed by atoms with Gasteiger partial charge in [-0.3, -0.25) is 4.79 Å². The first-order chi connectivity index (χ1) is 16.1. The molecule has 1 aliphatic rings. The molecule has 1 aliphatic carbocycles. The molecule has 8 heteroatoms. The zero-order valence-electron chi connectivity index (χ0n) is 20.3. The molecule has 0 bridgehead atoms. The SMILES string of the molecule is CCS(=O)(=O)N(C)CCN(C)C(=O)CC1=C(C)/C(=C/c2ccc(SC)cc2)c2ccc(F)cc21. The number of carbonyl (C=O) groups excluding carboxylic acids is 1. The summed E-state index contributed by atoms with van der Waals surface area (Å²) in [5.74, 6) is -0.468. The van der Waals surface area contributed by atoms with Crippen LogP contribution in [-0.4, -0.2) is 62.7 Å². The molecule has 0 saturated heterocycles. The van der Waals surface area contributed by atoms with Crippen molar-refractivity contribution in [2.45, 2.75) is 25.2 Å². The first-order valence-corrected chi connectivity index (χ1v) is 13.9. The van der Waals surface area contributed by atoms with Crippen molar-refractivity contribution in [3.8, 4) is 0 Å². The largest absolute Gasteiger partial charge is 0.344 e. The fourth-order valence-corrected chi connectivity index (χ4v) is 5.12. The van der Waals surface area contributed by atoms with Crippen LogP contribution in [0.5, 0.6) is 0 Å². The number of rotatable bonds is 9. The number of halogens is 1. The van der Waals surface area contributed by atoms with Crippen molar-refractivity contribution < 1.29 is 17.6 Å². The number of fused-ring (bicyclic) bond motifs is 1. The summed E-state index contributed by atoms with van der Waals surface area (Å²) >= 11 is 1.68. The second kappa shape index (κ2) is 10.9. The molecular weight excluding hydrogens is 471 g/mol. The highest BCUT2D eigenvalue weighted by atomic mass is 32.2. The van der Waals surface area contributed by atoms with Crippen LogP contribution in [-0.2, 0) is 14.8 Å². The van der Waals surface area contributed by atoms with Gasteiger partial charge in [0.25, 0.3) is 0 Å². The number of nitrogens with zero attached hydrogens (tertiary/aromatic N) is 2. The Bertz CT molecular complexity index is 1240. The van der Waals surface area contributed by atoms with Gasteiger partial charge in [0.2, 0.25) is 15.9 Å². The Hall–Kier alpha value is -2.42. The lowest BCUT2D eigenvalue weighted by Crippen LogP contribution is -2.37. The monoisotopic (exact) mass is 502 g/mol. The van der Waals surface area contributed by atoms with Crippen LogP contribution in [0.15, 0.2) is 52.9 Å². The lowest BCUT2D eigenvalue weighted by molar-refractivity contribution is -0.128. The molecule has 0 aromatic heterocycles. The number of amides is 1.